The van der Waals surface area contributed by atoms with Crippen LogP contribution in [0.15, 0.2) is 103 Å². The second-order valence-corrected chi connectivity index (χ2v) is 12.2. The fourth-order valence-corrected chi connectivity index (χ4v) is 6.33. The molecule has 0 heterocycles. The third kappa shape index (κ3) is 7.28. The van der Waals surface area contributed by atoms with E-state index in [2.05, 4.69) is 18.3 Å². The number of benzene rings is 5. The van der Waals surface area contributed by atoms with E-state index in [0.717, 1.165) is 62.2 Å². The monoisotopic (exact) mass is 627 g/mol. The highest BCUT2D eigenvalue weighted by Crippen LogP contribution is 2.38. The molecule has 1 atom stereocenters. The molecule has 0 saturated carbocycles. The smallest absolute Gasteiger partial charge is 0.258 e. The molecule has 240 valence electrons. The lowest BCUT2D eigenvalue weighted by Crippen LogP contribution is -2.31. The van der Waals surface area contributed by atoms with Crippen molar-refractivity contribution in [3.63, 3.8) is 0 Å². The number of carbonyl (C=O) groups excluding carboxylic acids is 1. The average molecular weight is 628 g/mol. The summed E-state index contributed by atoms with van der Waals surface area (Å²) in [6.45, 7) is 4.45. The van der Waals surface area contributed by atoms with E-state index in [-0.39, 0.29) is 30.1 Å². The quantitative estimate of drug-likeness (QED) is 0.160. The average Bonchev–Trinajstić information content (AvgIpc) is 3.07. The highest BCUT2D eigenvalue weighted by atomic mass is 16.5. The Hall–Kier alpha value is -5.23. The van der Waals surface area contributed by atoms with Crippen LogP contribution in [0.4, 0.5) is 0 Å². The number of hydrogen-bond donors (Lipinski definition) is 3. The van der Waals surface area contributed by atoms with E-state index in [9.17, 15) is 15.0 Å². The van der Waals surface area contributed by atoms with Gasteiger partial charge in [0.2, 0.25) is 0 Å². The van der Waals surface area contributed by atoms with Gasteiger partial charge in [0.25, 0.3) is 5.91 Å². The van der Waals surface area contributed by atoms with Gasteiger partial charge in [-0.25, -0.2) is 0 Å². The number of aromatic hydroxyl groups is 2. The number of ether oxygens (including phenoxy) is 2. The maximum Gasteiger partial charge on any atom is 0.258 e. The zero-order chi connectivity index (χ0) is 32.8. The Morgan fingerprint density at radius 3 is 1.49 bits per heavy atom. The number of carbonyl (C=O) groups is 1. The number of amides is 1. The summed E-state index contributed by atoms with van der Waals surface area (Å²) in [5, 5.41) is 25.9. The summed E-state index contributed by atoms with van der Waals surface area (Å²) in [5.74, 6) is 1.64. The van der Waals surface area contributed by atoms with Crippen LogP contribution in [0, 0.1) is 0 Å². The van der Waals surface area contributed by atoms with Crippen molar-refractivity contribution in [3.05, 3.63) is 153 Å². The highest BCUT2D eigenvalue weighted by Gasteiger charge is 2.21. The molecule has 6 rings (SSSR count). The van der Waals surface area contributed by atoms with Crippen molar-refractivity contribution < 1.29 is 24.5 Å². The third-order valence-electron chi connectivity index (χ3n) is 8.76. The lowest BCUT2D eigenvalue weighted by Gasteiger charge is -2.21. The molecule has 0 spiro atoms. The summed E-state index contributed by atoms with van der Waals surface area (Å²) in [6, 6.07) is 33.3. The van der Waals surface area contributed by atoms with Gasteiger partial charge in [-0.2, -0.15) is 0 Å². The first-order chi connectivity index (χ1) is 22.9. The van der Waals surface area contributed by atoms with Crippen LogP contribution >= 0.6 is 0 Å². The number of fused-ring (bicyclic) bond motifs is 8. The van der Waals surface area contributed by atoms with Crippen LogP contribution in [-0.2, 0) is 30.5 Å². The minimum absolute atomic E-state index is 0.152. The van der Waals surface area contributed by atoms with E-state index < -0.39 is 0 Å². The van der Waals surface area contributed by atoms with E-state index in [4.69, 9.17) is 9.47 Å². The summed E-state index contributed by atoms with van der Waals surface area (Å²) >= 11 is 0. The van der Waals surface area contributed by atoms with Gasteiger partial charge in [0.05, 0.1) is 12.6 Å². The van der Waals surface area contributed by atoms with Gasteiger partial charge in [-0.3, -0.25) is 4.79 Å². The number of hydrogen-bond acceptors (Lipinski definition) is 5. The van der Waals surface area contributed by atoms with Crippen LogP contribution in [0.2, 0.25) is 0 Å². The Bertz CT molecular complexity index is 1870. The largest absolute Gasteiger partial charge is 0.507 e. The van der Waals surface area contributed by atoms with Gasteiger partial charge in [0.1, 0.15) is 23.0 Å². The van der Waals surface area contributed by atoms with Gasteiger partial charge in [-0.15, -0.1) is 0 Å². The Labute approximate surface area is 276 Å². The zero-order valence-electron chi connectivity index (χ0n) is 27.0. The predicted octanol–water partition coefficient (Wildman–Crippen LogP) is 7.82. The molecule has 1 aliphatic carbocycles. The molecule has 1 aliphatic rings. The maximum absolute atomic E-state index is 13.2. The second kappa shape index (κ2) is 14.5. The summed E-state index contributed by atoms with van der Waals surface area (Å²) in [5.41, 5.74) is 7.78. The minimum atomic E-state index is -0.219. The molecule has 6 heteroatoms. The Morgan fingerprint density at radius 2 is 1.02 bits per heavy atom. The molecular weight excluding hydrogens is 586 g/mol. The lowest BCUT2D eigenvalue weighted by molar-refractivity contribution is -0.123. The first kappa shape index (κ1) is 31.7. The number of phenolic OH excluding ortho intramolecular Hbond substituents is 2. The molecule has 0 aliphatic heterocycles. The van der Waals surface area contributed by atoms with Crippen molar-refractivity contribution in [3.8, 4) is 23.0 Å². The summed E-state index contributed by atoms with van der Waals surface area (Å²) < 4.78 is 12.8. The molecule has 5 aromatic rings. The van der Waals surface area contributed by atoms with E-state index in [1.165, 1.54) is 0 Å². The number of nitrogens with one attached hydrogen (secondary N) is 1. The number of para-hydroxylation sites is 4. The molecule has 0 fully saturated rings. The highest BCUT2D eigenvalue weighted by molar-refractivity contribution is 5.78. The lowest BCUT2D eigenvalue weighted by atomic mass is 9.91. The van der Waals surface area contributed by atoms with E-state index >= 15 is 0 Å². The summed E-state index contributed by atoms with van der Waals surface area (Å²) in [7, 11) is 0. The van der Waals surface area contributed by atoms with Gasteiger partial charge in [-0.05, 0) is 63.4 Å². The standard InChI is InChI=1S/C41H41NO5/c1-3-21-46-40-33-17-9-19-35(40)25-36-20-10-18-34(41(36)47-26-37(43)42-27(2)28-11-5-4-6-12-28)24-32-16-8-14-30(39(32)45)22-29-13-7-15-31(23-33)38(29)44/h4-20,27,44-45H,3,21-26H2,1-2H3,(H,42,43)/t27-/m1/s1. The Kier molecular flexibility index (Phi) is 9.77. The Morgan fingerprint density at radius 1 is 0.617 bits per heavy atom. The van der Waals surface area contributed by atoms with Crippen LogP contribution in [0.1, 0.15) is 76.4 Å². The number of phenols is 2. The van der Waals surface area contributed by atoms with E-state index in [1.807, 2.05) is 104 Å². The Balaban J connectivity index is 1.41. The van der Waals surface area contributed by atoms with Crippen LogP contribution in [-0.4, -0.2) is 29.3 Å². The molecule has 1 amide bonds. The SMILES string of the molecule is CCCOc1c2cccc1Cc1cccc(c1OCC(=O)N[C@H](C)c1ccccc1)Cc1cccc(c1O)Cc1cccc(c1O)C2. The molecule has 5 aromatic carbocycles. The molecular formula is C41H41NO5. The van der Waals surface area contributed by atoms with Crippen molar-refractivity contribution in [2.24, 2.45) is 0 Å². The summed E-state index contributed by atoms with van der Waals surface area (Å²) in [4.78, 5) is 13.2. The van der Waals surface area contributed by atoms with Gasteiger partial charge in [0.15, 0.2) is 6.61 Å². The molecule has 47 heavy (non-hydrogen) atoms. The first-order valence-electron chi connectivity index (χ1n) is 16.3. The molecule has 8 bridgehead atoms. The fraction of sp³-hybridized carbons (Fsp3) is 0.244. The van der Waals surface area contributed by atoms with Crippen molar-refractivity contribution in [2.75, 3.05) is 13.2 Å². The van der Waals surface area contributed by atoms with Crippen LogP contribution in [0.3, 0.4) is 0 Å². The van der Waals surface area contributed by atoms with Gasteiger partial charge in [-0.1, -0.05) is 110 Å². The topological polar surface area (TPSA) is 88.0 Å². The normalized spacial score (nSPS) is 13.0. The van der Waals surface area contributed by atoms with Gasteiger partial charge in [0, 0.05) is 25.7 Å². The van der Waals surface area contributed by atoms with E-state index in [0.29, 0.717) is 38.0 Å². The molecule has 6 nitrogen and oxygen atoms in total. The van der Waals surface area contributed by atoms with Crippen LogP contribution in [0.5, 0.6) is 23.0 Å². The van der Waals surface area contributed by atoms with Crippen molar-refractivity contribution in [2.45, 2.75) is 52.0 Å². The molecule has 0 saturated heterocycles. The van der Waals surface area contributed by atoms with Gasteiger partial charge < -0.3 is 25.0 Å². The van der Waals surface area contributed by atoms with Crippen molar-refractivity contribution >= 4 is 5.91 Å². The van der Waals surface area contributed by atoms with Crippen molar-refractivity contribution in [1.29, 1.82) is 0 Å². The van der Waals surface area contributed by atoms with Crippen LogP contribution < -0.4 is 14.8 Å². The minimum Gasteiger partial charge on any atom is -0.507 e. The fourth-order valence-electron chi connectivity index (χ4n) is 6.33. The van der Waals surface area contributed by atoms with E-state index in [1.54, 1.807) is 0 Å². The van der Waals surface area contributed by atoms with Crippen LogP contribution in [0.25, 0.3) is 0 Å². The molecule has 0 unspecified atom stereocenters. The zero-order valence-corrected chi connectivity index (χ0v) is 27.0. The third-order valence-corrected chi connectivity index (χ3v) is 8.76. The summed E-state index contributed by atoms with van der Waals surface area (Å²) in [6.07, 6.45) is 2.63. The predicted molar refractivity (Wildman–Crippen MR) is 185 cm³/mol. The number of rotatable bonds is 8. The maximum atomic E-state index is 13.2. The first-order valence-corrected chi connectivity index (χ1v) is 16.3. The second-order valence-electron chi connectivity index (χ2n) is 12.2. The van der Waals surface area contributed by atoms with Crippen molar-refractivity contribution in [1.82, 2.24) is 5.32 Å². The molecule has 0 aromatic heterocycles. The molecule has 0 radical (unpaired) electrons. The molecule has 3 N–H and O–H groups in total. The van der Waals surface area contributed by atoms with Gasteiger partial charge >= 0.3 is 0 Å².